The van der Waals surface area contributed by atoms with Crippen LogP contribution < -0.4 is 0 Å². The Bertz CT molecular complexity index is 1550. The van der Waals surface area contributed by atoms with E-state index >= 15 is 0 Å². The summed E-state index contributed by atoms with van der Waals surface area (Å²) < 4.78 is 0. The zero-order valence-corrected chi connectivity index (χ0v) is 19.8. The van der Waals surface area contributed by atoms with Gasteiger partial charge < -0.3 is 0 Å². The first-order valence-corrected chi connectivity index (χ1v) is 12.1. The van der Waals surface area contributed by atoms with E-state index < -0.39 is 0 Å². The maximum atomic E-state index is 5.02. The molecular weight excluding hydrogens is 436 g/mol. The molecule has 0 saturated carbocycles. The van der Waals surface area contributed by atoms with Crippen molar-refractivity contribution >= 4 is 0 Å². The van der Waals surface area contributed by atoms with E-state index in [0.29, 0.717) is 0 Å². The Balaban J connectivity index is 1.45. The van der Waals surface area contributed by atoms with E-state index in [1.165, 1.54) is 11.1 Å². The van der Waals surface area contributed by atoms with Gasteiger partial charge in [0.1, 0.15) is 0 Å². The number of pyridine rings is 2. The first-order valence-electron chi connectivity index (χ1n) is 12.1. The van der Waals surface area contributed by atoms with E-state index in [9.17, 15) is 0 Å². The van der Waals surface area contributed by atoms with Gasteiger partial charge in [-0.3, -0.25) is 4.98 Å². The van der Waals surface area contributed by atoms with Gasteiger partial charge in [0.2, 0.25) is 0 Å². The van der Waals surface area contributed by atoms with Crippen LogP contribution in [0.1, 0.15) is 0 Å². The second kappa shape index (κ2) is 9.81. The van der Waals surface area contributed by atoms with E-state index in [4.69, 9.17) is 4.98 Å². The molecule has 0 atom stereocenters. The van der Waals surface area contributed by atoms with Crippen LogP contribution in [0.2, 0.25) is 0 Å². The molecule has 0 saturated heterocycles. The molecule has 170 valence electrons. The number of rotatable bonds is 5. The highest BCUT2D eigenvalue weighted by Crippen LogP contribution is 2.33. The first kappa shape index (κ1) is 21.7. The van der Waals surface area contributed by atoms with Crippen LogP contribution in [0.5, 0.6) is 0 Å². The molecule has 0 aliphatic heterocycles. The van der Waals surface area contributed by atoms with Crippen molar-refractivity contribution < 1.29 is 0 Å². The van der Waals surface area contributed by atoms with Gasteiger partial charge in [-0.05, 0) is 58.7 Å². The van der Waals surface area contributed by atoms with Crippen LogP contribution >= 0.6 is 0 Å². The van der Waals surface area contributed by atoms with Crippen LogP contribution in [0.3, 0.4) is 0 Å². The van der Waals surface area contributed by atoms with Crippen molar-refractivity contribution in [2.75, 3.05) is 0 Å². The van der Waals surface area contributed by atoms with E-state index in [0.717, 1.165) is 44.9 Å². The molecule has 6 aromatic rings. The van der Waals surface area contributed by atoms with Crippen LogP contribution in [0.15, 0.2) is 146 Å². The molecule has 0 radical (unpaired) electrons. The fourth-order valence-electron chi connectivity index (χ4n) is 4.48. The Morgan fingerprint density at radius 2 is 0.778 bits per heavy atom. The van der Waals surface area contributed by atoms with Crippen molar-refractivity contribution in [2.45, 2.75) is 0 Å². The Morgan fingerprint density at radius 3 is 1.33 bits per heavy atom. The highest BCUT2D eigenvalue weighted by molar-refractivity contribution is 5.80. The lowest BCUT2D eigenvalue weighted by molar-refractivity contribution is 1.32. The van der Waals surface area contributed by atoms with E-state index in [1.54, 1.807) is 0 Å². The number of hydrogen-bond donors (Lipinski definition) is 0. The standard InChI is InChI=1S/C34H24N2/c1-3-11-25(12-4-1)33-23-31(24-34(36-33)26-13-5-2-6-14-26)29-17-9-15-27(21-29)28-16-10-18-30(22-28)32-19-7-8-20-35-32/h1-24H. The van der Waals surface area contributed by atoms with Crippen LogP contribution in [0.25, 0.3) is 56.0 Å². The maximum Gasteiger partial charge on any atom is 0.0715 e. The first-order chi connectivity index (χ1) is 17.8. The third-order valence-electron chi connectivity index (χ3n) is 6.32. The topological polar surface area (TPSA) is 25.8 Å². The summed E-state index contributed by atoms with van der Waals surface area (Å²) in [6, 6.07) is 48.4. The molecule has 0 spiro atoms. The Hall–Kier alpha value is -4.82. The molecule has 36 heavy (non-hydrogen) atoms. The molecule has 2 aromatic heterocycles. The Morgan fingerprint density at radius 1 is 0.306 bits per heavy atom. The summed E-state index contributed by atoms with van der Waals surface area (Å²) in [6.45, 7) is 0. The fourth-order valence-corrected chi connectivity index (χ4v) is 4.48. The summed E-state index contributed by atoms with van der Waals surface area (Å²) in [5.41, 5.74) is 10.9. The summed E-state index contributed by atoms with van der Waals surface area (Å²) in [6.07, 6.45) is 1.83. The summed E-state index contributed by atoms with van der Waals surface area (Å²) in [5.74, 6) is 0. The number of benzene rings is 4. The van der Waals surface area contributed by atoms with E-state index in [1.807, 2.05) is 36.5 Å². The average Bonchev–Trinajstić information content (AvgIpc) is 2.98. The van der Waals surface area contributed by atoms with Crippen LogP contribution in [0.4, 0.5) is 0 Å². The van der Waals surface area contributed by atoms with Crippen molar-refractivity contribution in [3.63, 3.8) is 0 Å². The minimum absolute atomic E-state index is 0.967. The second-order valence-corrected chi connectivity index (χ2v) is 8.73. The van der Waals surface area contributed by atoms with Crippen molar-refractivity contribution in [1.29, 1.82) is 0 Å². The van der Waals surface area contributed by atoms with Gasteiger partial charge in [-0.1, -0.05) is 103 Å². The predicted molar refractivity (Wildman–Crippen MR) is 149 cm³/mol. The van der Waals surface area contributed by atoms with E-state index in [-0.39, 0.29) is 0 Å². The van der Waals surface area contributed by atoms with Gasteiger partial charge in [0.25, 0.3) is 0 Å². The van der Waals surface area contributed by atoms with Gasteiger partial charge in [0, 0.05) is 22.9 Å². The van der Waals surface area contributed by atoms with Crippen LogP contribution in [0, 0.1) is 0 Å². The van der Waals surface area contributed by atoms with Gasteiger partial charge >= 0.3 is 0 Å². The minimum atomic E-state index is 0.967. The number of aromatic nitrogens is 2. The van der Waals surface area contributed by atoms with Crippen LogP contribution in [-0.4, -0.2) is 9.97 Å². The molecule has 0 amide bonds. The fraction of sp³-hybridized carbons (Fsp3) is 0. The number of hydrogen-bond acceptors (Lipinski definition) is 2. The molecule has 0 N–H and O–H groups in total. The van der Waals surface area contributed by atoms with E-state index in [2.05, 4.69) is 114 Å². The molecule has 0 bridgehead atoms. The maximum absolute atomic E-state index is 5.02. The molecular formula is C34H24N2. The quantitative estimate of drug-likeness (QED) is 0.257. The summed E-state index contributed by atoms with van der Waals surface area (Å²) >= 11 is 0. The smallest absolute Gasteiger partial charge is 0.0715 e. The monoisotopic (exact) mass is 460 g/mol. The van der Waals surface area contributed by atoms with Gasteiger partial charge in [0.15, 0.2) is 0 Å². The third kappa shape index (κ3) is 4.57. The highest BCUT2D eigenvalue weighted by Gasteiger charge is 2.10. The molecule has 0 fully saturated rings. The lowest BCUT2D eigenvalue weighted by Gasteiger charge is -2.12. The molecule has 2 heteroatoms. The lowest BCUT2D eigenvalue weighted by atomic mass is 9.96. The minimum Gasteiger partial charge on any atom is -0.256 e. The molecule has 0 aliphatic carbocycles. The summed E-state index contributed by atoms with van der Waals surface area (Å²) in [4.78, 5) is 9.54. The molecule has 2 nitrogen and oxygen atoms in total. The van der Waals surface area contributed by atoms with Crippen LogP contribution in [-0.2, 0) is 0 Å². The second-order valence-electron chi connectivity index (χ2n) is 8.73. The average molecular weight is 461 g/mol. The van der Waals surface area contributed by atoms with Gasteiger partial charge in [-0.25, -0.2) is 4.98 Å². The van der Waals surface area contributed by atoms with Crippen molar-refractivity contribution in [1.82, 2.24) is 9.97 Å². The molecule has 0 aliphatic rings. The number of nitrogens with zero attached hydrogens (tertiary/aromatic N) is 2. The predicted octanol–water partition coefficient (Wildman–Crippen LogP) is 8.81. The van der Waals surface area contributed by atoms with Gasteiger partial charge in [-0.15, -0.1) is 0 Å². The molecule has 6 rings (SSSR count). The SMILES string of the molecule is c1ccc(-c2cc(-c3cccc(-c4cccc(-c5ccccn5)c4)c3)cc(-c3ccccc3)n2)cc1. The van der Waals surface area contributed by atoms with Gasteiger partial charge in [0.05, 0.1) is 17.1 Å². The molecule has 0 unspecified atom stereocenters. The summed E-state index contributed by atoms with van der Waals surface area (Å²) in [5, 5.41) is 0. The normalized spacial score (nSPS) is 10.8. The Kier molecular flexibility index (Phi) is 5.91. The van der Waals surface area contributed by atoms with Gasteiger partial charge in [-0.2, -0.15) is 0 Å². The third-order valence-corrected chi connectivity index (χ3v) is 6.32. The van der Waals surface area contributed by atoms with Crippen molar-refractivity contribution in [3.05, 3.63) is 146 Å². The summed E-state index contributed by atoms with van der Waals surface area (Å²) in [7, 11) is 0. The molecule has 4 aromatic carbocycles. The largest absolute Gasteiger partial charge is 0.256 e. The lowest BCUT2D eigenvalue weighted by Crippen LogP contribution is -1.91. The van der Waals surface area contributed by atoms with Crippen molar-refractivity contribution in [2.24, 2.45) is 0 Å². The highest BCUT2D eigenvalue weighted by atomic mass is 14.7. The zero-order valence-electron chi connectivity index (χ0n) is 19.8. The van der Waals surface area contributed by atoms with Crippen molar-refractivity contribution in [3.8, 4) is 56.0 Å². The Labute approximate surface area is 211 Å². The zero-order chi connectivity index (χ0) is 24.2. The molecule has 2 heterocycles.